The Labute approximate surface area is 216 Å². The van der Waals surface area contributed by atoms with Crippen LogP contribution in [0.4, 0.5) is 0 Å². The first kappa shape index (κ1) is 27.5. The number of carbonyl (C=O) groups is 2. The number of rotatable bonds is 12. The van der Waals surface area contributed by atoms with E-state index in [1.54, 1.807) is 33.1 Å². The smallest absolute Gasteiger partial charge is 0.344 e. The molecule has 7 heteroatoms. The van der Waals surface area contributed by atoms with Gasteiger partial charge < -0.3 is 18.6 Å². The molecule has 0 fully saturated rings. The molecule has 0 N–H and O–H groups in total. The number of methoxy groups -OCH3 is 1. The zero-order chi connectivity index (χ0) is 26.9. The van der Waals surface area contributed by atoms with E-state index in [4.69, 9.17) is 18.6 Å². The van der Waals surface area contributed by atoms with E-state index in [1.165, 1.54) is 0 Å². The molecule has 0 atom stereocenters. The molecule has 0 saturated carbocycles. The van der Waals surface area contributed by atoms with E-state index < -0.39 is 17.6 Å². The van der Waals surface area contributed by atoms with E-state index in [-0.39, 0.29) is 13.2 Å². The van der Waals surface area contributed by atoms with Gasteiger partial charge in [-0.15, -0.1) is 0 Å². The highest BCUT2D eigenvalue weighted by molar-refractivity contribution is 5.87. The van der Waals surface area contributed by atoms with Gasteiger partial charge in [0.25, 0.3) is 0 Å². The number of benzene rings is 2. The van der Waals surface area contributed by atoms with Crippen LogP contribution in [0.3, 0.4) is 0 Å². The quantitative estimate of drug-likeness (QED) is 0.138. The predicted octanol–water partition coefficient (Wildman–Crippen LogP) is 5.57. The van der Waals surface area contributed by atoms with Crippen molar-refractivity contribution >= 4 is 22.9 Å². The summed E-state index contributed by atoms with van der Waals surface area (Å²) in [5.41, 5.74) is 3.81. The fraction of sp³-hybridized carbons (Fsp3) is 0.300. The maximum absolute atomic E-state index is 12.9. The average Bonchev–Trinajstić information content (AvgIpc) is 2.88. The molecule has 1 heterocycles. The second-order valence-corrected chi connectivity index (χ2v) is 8.89. The van der Waals surface area contributed by atoms with Crippen LogP contribution in [0.15, 0.2) is 76.0 Å². The number of esters is 2. The first-order valence-corrected chi connectivity index (χ1v) is 12.1. The molecule has 0 bridgehead atoms. The highest BCUT2D eigenvalue weighted by Crippen LogP contribution is 2.27. The molecule has 3 aromatic rings. The van der Waals surface area contributed by atoms with Crippen molar-refractivity contribution in [1.82, 2.24) is 0 Å². The monoisotopic (exact) mass is 504 g/mol. The molecule has 0 aliphatic rings. The number of carbonyl (C=O) groups excluding carboxylic acids is 2. The van der Waals surface area contributed by atoms with Gasteiger partial charge in [0.2, 0.25) is 0 Å². The van der Waals surface area contributed by atoms with Crippen LogP contribution in [0, 0.1) is 0 Å². The molecule has 0 aliphatic carbocycles. The SMILES string of the molecule is C=C(C)C(=O)OCCCc1cc(CCCOC(=O)C(=C)C)c2oc(=O)c(-c3ccc(OC)cc3)cc2c1. The van der Waals surface area contributed by atoms with E-state index in [0.717, 1.165) is 22.1 Å². The van der Waals surface area contributed by atoms with Crippen molar-refractivity contribution < 1.29 is 28.2 Å². The molecule has 0 saturated heterocycles. The standard InChI is InChI=1S/C30H32O7/c1-19(2)28(31)35-14-6-8-21-16-23(9-7-15-36-29(32)20(3)4)27-24(17-21)18-26(30(33)37-27)22-10-12-25(34-5)13-11-22/h10-13,16-18H,1,3,6-9,14-15H2,2,4-5H3. The molecule has 3 rings (SSSR count). The lowest BCUT2D eigenvalue weighted by molar-refractivity contribution is -0.139. The third-order valence-corrected chi connectivity index (χ3v) is 5.73. The zero-order valence-corrected chi connectivity index (χ0v) is 21.6. The van der Waals surface area contributed by atoms with Crippen molar-refractivity contribution in [3.8, 4) is 16.9 Å². The van der Waals surface area contributed by atoms with Crippen molar-refractivity contribution in [2.75, 3.05) is 20.3 Å². The lowest BCUT2D eigenvalue weighted by Gasteiger charge is -2.12. The van der Waals surface area contributed by atoms with Gasteiger partial charge in [-0.25, -0.2) is 14.4 Å². The largest absolute Gasteiger partial charge is 0.497 e. The van der Waals surface area contributed by atoms with Crippen molar-refractivity contribution in [2.45, 2.75) is 39.5 Å². The van der Waals surface area contributed by atoms with E-state index in [2.05, 4.69) is 13.2 Å². The summed E-state index contributed by atoms with van der Waals surface area (Å²) >= 11 is 0. The number of fused-ring (bicyclic) bond motifs is 1. The van der Waals surface area contributed by atoms with Crippen LogP contribution < -0.4 is 10.4 Å². The van der Waals surface area contributed by atoms with Gasteiger partial charge in [-0.1, -0.05) is 31.4 Å². The topological polar surface area (TPSA) is 92.0 Å². The van der Waals surface area contributed by atoms with Gasteiger partial charge in [0.05, 0.1) is 25.9 Å². The Kier molecular flexibility index (Phi) is 9.44. The lowest BCUT2D eigenvalue weighted by atomic mass is 9.98. The van der Waals surface area contributed by atoms with Gasteiger partial charge in [0.1, 0.15) is 11.3 Å². The third-order valence-electron chi connectivity index (χ3n) is 5.73. The van der Waals surface area contributed by atoms with Crippen LogP contribution in [0.1, 0.15) is 37.8 Å². The minimum atomic E-state index is -0.438. The molecule has 2 aromatic carbocycles. The van der Waals surface area contributed by atoms with Crippen molar-refractivity contribution in [3.05, 3.63) is 88.3 Å². The molecule has 0 unspecified atom stereocenters. The summed E-state index contributed by atoms with van der Waals surface area (Å²) in [7, 11) is 1.58. The molecule has 1 aromatic heterocycles. The lowest BCUT2D eigenvalue weighted by Crippen LogP contribution is -2.08. The van der Waals surface area contributed by atoms with Crippen LogP contribution in [0.2, 0.25) is 0 Å². The summed E-state index contributed by atoms with van der Waals surface area (Å²) in [6.45, 7) is 10.9. The summed E-state index contributed by atoms with van der Waals surface area (Å²) < 4.78 is 21.4. The summed E-state index contributed by atoms with van der Waals surface area (Å²) in [5.74, 6) is -0.147. The van der Waals surface area contributed by atoms with Gasteiger partial charge in [-0.05, 0) is 80.5 Å². The zero-order valence-electron chi connectivity index (χ0n) is 21.6. The molecule has 0 amide bonds. The minimum Gasteiger partial charge on any atom is -0.497 e. The van der Waals surface area contributed by atoms with Crippen LogP contribution >= 0.6 is 0 Å². The van der Waals surface area contributed by atoms with Crippen molar-refractivity contribution in [2.24, 2.45) is 0 Å². The van der Waals surface area contributed by atoms with Crippen LogP contribution in [0.5, 0.6) is 5.75 Å². The predicted molar refractivity (Wildman–Crippen MR) is 143 cm³/mol. The average molecular weight is 505 g/mol. The fourth-order valence-electron chi connectivity index (χ4n) is 3.79. The summed E-state index contributed by atoms with van der Waals surface area (Å²) in [4.78, 5) is 36.3. The fourth-order valence-corrected chi connectivity index (χ4v) is 3.79. The van der Waals surface area contributed by atoms with Gasteiger partial charge in [-0.2, -0.15) is 0 Å². The molecular weight excluding hydrogens is 472 g/mol. The molecule has 37 heavy (non-hydrogen) atoms. The van der Waals surface area contributed by atoms with E-state index in [0.29, 0.717) is 53.7 Å². The first-order valence-electron chi connectivity index (χ1n) is 12.1. The normalized spacial score (nSPS) is 10.7. The maximum atomic E-state index is 12.9. The maximum Gasteiger partial charge on any atom is 0.344 e. The highest BCUT2D eigenvalue weighted by Gasteiger charge is 2.14. The molecule has 194 valence electrons. The Bertz CT molecular complexity index is 1360. The summed E-state index contributed by atoms with van der Waals surface area (Å²) in [5, 5.41) is 0.788. The molecule has 0 radical (unpaired) electrons. The first-order chi connectivity index (χ1) is 17.7. The summed E-state index contributed by atoms with van der Waals surface area (Å²) in [6.07, 6.45) is 2.39. The van der Waals surface area contributed by atoms with E-state index >= 15 is 0 Å². The Balaban J connectivity index is 1.88. The molecular formula is C30H32O7. The van der Waals surface area contributed by atoms with Crippen LogP contribution in [-0.4, -0.2) is 32.3 Å². The number of aryl methyl sites for hydroxylation is 2. The van der Waals surface area contributed by atoms with Gasteiger partial charge in [-0.3, -0.25) is 0 Å². The number of hydrogen-bond acceptors (Lipinski definition) is 7. The molecule has 0 aliphatic heterocycles. The van der Waals surface area contributed by atoms with Crippen molar-refractivity contribution in [3.63, 3.8) is 0 Å². The Morgan fingerprint density at radius 1 is 0.865 bits per heavy atom. The van der Waals surface area contributed by atoms with Crippen LogP contribution in [0.25, 0.3) is 22.1 Å². The van der Waals surface area contributed by atoms with Gasteiger partial charge >= 0.3 is 17.6 Å². The second kappa shape index (κ2) is 12.7. The van der Waals surface area contributed by atoms with Gasteiger partial charge in [0.15, 0.2) is 0 Å². The van der Waals surface area contributed by atoms with Gasteiger partial charge in [0, 0.05) is 16.5 Å². The Morgan fingerprint density at radius 3 is 2.03 bits per heavy atom. The van der Waals surface area contributed by atoms with E-state index in [9.17, 15) is 14.4 Å². The second-order valence-electron chi connectivity index (χ2n) is 8.89. The molecule has 7 nitrogen and oxygen atoms in total. The molecule has 0 spiro atoms. The summed E-state index contributed by atoms with van der Waals surface area (Å²) in [6, 6.07) is 13.0. The third kappa shape index (κ3) is 7.43. The minimum absolute atomic E-state index is 0.225. The Morgan fingerprint density at radius 2 is 1.46 bits per heavy atom. The van der Waals surface area contributed by atoms with Crippen LogP contribution in [-0.2, 0) is 31.9 Å². The Hall–Kier alpha value is -4.13. The number of ether oxygens (including phenoxy) is 3. The van der Waals surface area contributed by atoms with Crippen molar-refractivity contribution in [1.29, 1.82) is 0 Å². The number of hydrogen-bond donors (Lipinski definition) is 0. The highest BCUT2D eigenvalue weighted by atomic mass is 16.5. The van der Waals surface area contributed by atoms with E-state index in [1.807, 2.05) is 30.3 Å².